The maximum Gasteiger partial charge on any atom is 0.341 e. The number of unbranched alkanes of at least 4 members (excludes halogenated alkanes) is 1. The summed E-state index contributed by atoms with van der Waals surface area (Å²) in [4.78, 5) is 24.2. The zero-order valence-electron chi connectivity index (χ0n) is 11.5. The van der Waals surface area contributed by atoms with Crippen molar-refractivity contribution in [1.29, 1.82) is 0 Å². The number of benzene rings is 1. The zero-order chi connectivity index (χ0) is 15.0. The second-order valence-electron chi connectivity index (χ2n) is 4.37. The predicted molar refractivity (Wildman–Crippen MR) is 76.0 cm³/mol. The van der Waals surface area contributed by atoms with Gasteiger partial charge in [0.1, 0.15) is 5.75 Å². The number of carbonyl (C=O) groups excluding carboxylic acids is 1. The van der Waals surface area contributed by atoms with E-state index >= 15 is 0 Å². The van der Waals surface area contributed by atoms with Crippen LogP contribution in [0.3, 0.4) is 0 Å². The van der Waals surface area contributed by atoms with Crippen molar-refractivity contribution < 1.29 is 19.4 Å². The van der Waals surface area contributed by atoms with Crippen LogP contribution in [0.1, 0.15) is 23.2 Å². The molecule has 0 aliphatic heterocycles. The first-order valence-electron chi connectivity index (χ1n) is 6.35. The van der Waals surface area contributed by atoms with Gasteiger partial charge >= 0.3 is 5.97 Å². The molecule has 1 amide bonds. The number of ether oxygens (including phenoxy) is 1. The van der Waals surface area contributed by atoms with Crippen LogP contribution >= 0.6 is 0 Å². The molecule has 0 saturated carbocycles. The molecule has 5 heteroatoms. The van der Waals surface area contributed by atoms with E-state index in [0.717, 1.165) is 12.8 Å². The number of carbonyl (C=O) groups is 2. The molecule has 0 aromatic heterocycles. The van der Waals surface area contributed by atoms with E-state index in [-0.39, 0.29) is 5.91 Å². The monoisotopic (exact) mass is 277 g/mol. The Kier molecular flexibility index (Phi) is 6.29. The number of allylic oxidation sites excluding steroid dienone is 1. The smallest absolute Gasteiger partial charge is 0.341 e. The quantitative estimate of drug-likeness (QED) is 0.584. The van der Waals surface area contributed by atoms with Gasteiger partial charge in [-0.2, -0.15) is 0 Å². The van der Waals surface area contributed by atoms with Crippen LogP contribution in [0.4, 0.5) is 0 Å². The van der Waals surface area contributed by atoms with Crippen molar-refractivity contribution in [3.05, 3.63) is 42.5 Å². The highest BCUT2D eigenvalue weighted by Gasteiger charge is 2.12. The fraction of sp³-hybridized carbons (Fsp3) is 0.333. The van der Waals surface area contributed by atoms with Crippen LogP contribution in [0.2, 0.25) is 0 Å². The summed E-state index contributed by atoms with van der Waals surface area (Å²) < 4.78 is 5.05. The van der Waals surface area contributed by atoms with Gasteiger partial charge in [-0.05, 0) is 31.0 Å². The van der Waals surface area contributed by atoms with Crippen LogP contribution in [0.25, 0.3) is 0 Å². The summed E-state index contributed by atoms with van der Waals surface area (Å²) >= 11 is 0. The summed E-state index contributed by atoms with van der Waals surface area (Å²) in [7, 11) is 1.73. The predicted octanol–water partition coefficient (Wildman–Crippen LogP) is 2.19. The summed E-state index contributed by atoms with van der Waals surface area (Å²) in [5.41, 5.74) is 0.481. The molecule has 5 nitrogen and oxygen atoms in total. The molecule has 0 fully saturated rings. The number of aliphatic carboxylic acids is 1. The van der Waals surface area contributed by atoms with Crippen LogP contribution in [-0.2, 0) is 4.79 Å². The van der Waals surface area contributed by atoms with Gasteiger partial charge in [0.15, 0.2) is 6.61 Å². The van der Waals surface area contributed by atoms with Gasteiger partial charge in [-0.1, -0.05) is 12.1 Å². The fourth-order valence-electron chi connectivity index (χ4n) is 1.66. The van der Waals surface area contributed by atoms with E-state index in [2.05, 4.69) is 6.58 Å². The molecule has 1 aromatic carbocycles. The Hall–Kier alpha value is -2.30. The molecule has 0 unspecified atom stereocenters. The molecule has 108 valence electrons. The van der Waals surface area contributed by atoms with Crippen molar-refractivity contribution in [2.24, 2.45) is 0 Å². The second-order valence-corrected chi connectivity index (χ2v) is 4.37. The first-order valence-corrected chi connectivity index (χ1v) is 6.35. The average molecular weight is 277 g/mol. The largest absolute Gasteiger partial charge is 0.482 e. The number of hydrogen-bond donors (Lipinski definition) is 1. The van der Waals surface area contributed by atoms with Gasteiger partial charge in [-0.25, -0.2) is 4.79 Å². The zero-order valence-corrected chi connectivity index (χ0v) is 11.5. The Morgan fingerprint density at radius 3 is 2.85 bits per heavy atom. The lowest BCUT2D eigenvalue weighted by Crippen LogP contribution is -2.27. The second kappa shape index (κ2) is 7.99. The van der Waals surface area contributed by atoms with Crippen molar-refractivity contribution in [3.63, 3.8) is 0 Å². The average Bonchev–Trinajstić information content (AvgIpc) is 2.44. The van der Waals surface area contributed by atoms with Gasteiger partial charge in [0.05, 0.1) is 0 Å². The lowest BCUT2D eigenvalue weighted by atomic mass is 10.2. The van der Waals surface area contributed by atoms with Crippen LogP contribution in [0.5, 0.6) is 5.75 Å². The third kappa shape index (κ3) is 5.14. The molecular weight excluding hydrogens is 258 g/mol. The van der Waals surface area contributed by atoms with Gasteiger partial charge in [-0.3, -0.25) is 4.79 Å². The number of rotatable bonds is 8. The molecule has 0 radical (unpaired) electrons. The minimum atomic E-state index is -1.05. The summed E-state index contributed by atoms with van der Waals surface area (Å²) in [6.45, 7) is 3.86. The molecule has 0 aliphatic carbocycles. The molecule has 1 aromatic rings. The molecule has 0 saturated heterocycles. The minimum Gasteiger partial charge on any atom is -0.482 e. The van der Waals surface area contributed by atoms with Gasteiger partial charge in [0.25, 0.3) is 5.91 Å². The molecule has 1 N–H and O–H groups in total. The van der Waals surface area contributed by atoms with Crippen LogP contribution < -0.4 is 4.74 Å². The van der Waals surface area contributed by atoms with Crippen LogP contribution in [0, 0.1) is 0 Å². The molecule has 0 atom stereocenters. The topological polar surface area (TPSA) is 66.8 Å². The van der Waals surface area contributed by atoms with E-state index in [1.165, 1.54) is 0 Å². The van der Waals surface area contributed by atoms with Crippen molar-refractivity contribution in [2.45, 2.75) is 12.8 Å². The molecule has 0 spiro atoms. The maximum atomic E-state index is 12.2. The van der Waals surface area contributed by atoms with Gasteiger partial charge < -0.3 is 14.7 Å². The number of amides is 1. The molecule has 0 heterocycles. The van der Waals surface area contributed by atoms with Gasteiger partial charge in [0, 0.05) is 19.2 Å². The lowest BCUT2D eigenvalue weighted by molar-refractivity contribution is -0.139. The van der Waals surface area contributed by atoms with E-state index in [1.807, 2.05) is 6.08 Å². The highest BCUT2D eigenvalue weighted by molar-refractivity contribution is 5.94. The Bertz CT molecular complexity index is 485. The van der Waals surface area contributed by atoms with Gasteiger partial charge in [-0.15, -0.1) is 6.58 Å². The summed E-state index contributed by atoms with van der Waals surface area (Å²) in [6, 6.07) is 6.52. The Labute approximate surface area is 118 Å². The number of carboxylic acids is 1. The van der Waals surface area contributed by atoms with Crippen LogP contribution in [0.15, 0.2) is 36.9 Å². The molecule has 0 aliphatic rings. The van der Waals surface area contributed by atoms with E-state index in [1.54, 1.807) is 36.2 Å². The summed E-state index contributed by atoms with van der Waals surface area (Å²) in [5, 5.41) is 8.55. The van der Waals surface area contributed by atoms with Crippen molar-refractivity contribution >= 4 is 11.9 Å². The van der Waals surface area contributed by atoms with Crippen LogP contribution in [-0.4, -0.2) is 42.1 Å². The third-order valence-corrected chi connectivity index (χ3v) is 2.69. The summed E-state index contributed by atoms with van der Waals surface area (Å²) in [5.74, 6) is -0.796. The Morgan fingerprint density at radius 1 is 1.45 bits per heavy atom. The lowest BCUT2D eigenvalue weighted by Gasteiger charge is -2.17. The van der Waals surface area contributed by atoms with Gasteiger partial charge in [0.2, 0.25) is 0 Å². The van der Waals surface area contributed by atoms with Crippen molar-refractivity contribution in [3.8, 4) is 5.75 Å². The first kappa shape index (κ1) is 15.8. The summed E-state index contributed by atoms with van der Waals surface area (Å²) in [6.07, 6.45) is 3.54. The first-order chi connectivity index (χ1) is 9.54. The number of hydrogen-bond acceptors (Lipinski definition) is 3. The SMILES string of the molecule is C=CCCCN(C)C(=O)c1cccc(OCC(=O)O)c1. The van der Waals surface area contributed by atoms with E-state index < -0.39 is 12.6 Å². The standard InChI is InChI=1S/C15H19NO4/c1-3-4-5-9-16(2)15(19)12-7-6-8-13(10-12)20-11-14(17)18/h3,6-8,10H,1,4-5,9,11H2,2H3,(H,17,18). The third-order valence-electron chi connectivity index (χ3n) is 2.69. The highest BCUT2D eigenvalue weighted by atomic mass is 16.5. The Morgan fingerprint density at radius 2 is 2.20 bits per heavy atom. The van der Waals surface area contributed by atoms with E-state index in [0.29, 0.717) is 17.9 Å². The molecule has 20 heavy (non-hydrogen) atoms. The molecule has 1 rings (SSSR count). The molecule has 0 bridgehead atoms. The number of nitrogens with zero attached hydrogens (tertiary/aromatic N) is 1. The minimum absolute atomic E-state index is 0.116. The molecular formula is C15H19NO4. The highest BCUT2D eigenvalue weighted by Crippen LogP contribution is 2.15. The van der Waals surface area contributed by atoms with Crippen molar-refractivity contribution in [2.75, 3.05) is 20.2 Å². The fourth-order valence-corrected chi connectivity index (χ4v) is 1.66. The van der Waals surface area contributed by atoms with E-state index in [4.69, 9.17) is 9.84 Å². The maximum absolute atomic E-state index is 12.2. The Balaban J connectivity index is 2.65. The normalized spacial score (nSPS) is 9.85. The number of carboxylic acid groups (broad SMARTS) is 1. The van der Waals surface area contributed by atoms with Crippen molar-refractivity contribution in [1.82, 2.24) is 4.90 Å². The van der Waals surface area contributed by atoms with E-state index in [9.17, 15) is 9.59 Å².